The van der Waals surface area contributed by atoms with Crippen LogP contribution in [0.4, 0.5) is 8.78 Å². The predicted molar refractivity (Wildman–Crippen MR) is 111 cm³/mol. The van der Waals surface area contributed by atoms with Crippen LogP contribution < -0.4 is 15.0 Å². The number of methoxy groups -OCH3 is 1. The molecule has 0 aliphatic carbocycles. The molecule has 0 aliphatic heterocycles. The highest BCUT2D eigenvalue weighted by molar-refractivity contribution is 5.55. The van der Waals surface area contributed by atoms with Crippen molar-refractivity contribution >= 4 is 6.08 Å². The van der Waals surface area contributed by atoms with Crippen molar-refractivity contribution in [3.63, 3.8) is 0 Å². The summed E-state index contributed by atoms with van der Waals surface area (Å²) in [5, 5.41) is 9.14. The van der Waals surface area contributed by atoms with Gasteiger partial charge in [0.25, 0.3) is 5.56 Å². The summed E-state index contributed by atoms with van der Waals surface area (Å²) in [6.07, 6.45) is 0.971. The van der Waals surface area contributed by atoms with Crippen LogP contribution in [0.1, 0.15) is 35.5 Å². The van der Waals surface area contributed by atoms with Gasteiger partial charge in [0.15, 0.2) is 11.6 Å². The zero-order chi connectivity index (χ0) is 22.5. The molecule has 0 N–H and O–H groups in total. The van der Waals surface area contributed by atoms with Crippen molar-refractivity contribution in [2.45, 2.75) is 19.6 Å². The maximum atomic E-state index is 14.6. The number of hydrogen-bond donors (Lipinski definition) is 0. The summed E-state index contributed by atoms with van der Waals surface area (Å²) >= 11 is 0. The summed E-state index contributed by atoms with van der Waals surface area (Å²) in [4.78, 5) is 17.1. The third-order valence-corrected chi connectivity index (χ3v) is 4.54. The van der Waals surface area contributed by atoms with Crippen LogP contribution in [0.2, 0.25) is 0 Å². The van der Waals surface area contributed by atoms with E-state index in [0.29, 0.717) is 11.3 Å². The number of ether oxygens (including phenoxy) is 2. The van der Waals surface area contributed by atoms with Gasteiger partial charge in [0.2, 0.25) is 5.75 Å². The Bertz CT molecular complexity index is 1210. The molecule has 0 amide bonds. The largest absolute Gasteiger partial charge is 0.497 e. The van der Waals surface area contributed by atoms with Crippen LogP contribution in [-0.2, 0) is 6.54 Å². The molecule has 0 bridgehead atoms. The third kappa shape index (κ3) is 4.61. The summed E-state index contributed by atoms with van der Waals surface area (Å²) < 4.78 is 40.6. The van der Waals surface area contributed by atoms with E-state index in [1.54, 1.807) is 37.4 Å². The average molecular weight is 423 g/mol. The van der Waals surface area contributed by atoms with E-state index in [9.17, 15) is 13.6 Å². The van der Waals surface area contributed by atoms with Gasteiger partial charge in [-0.25, -0.2) is 13.8 Å². The molecule has 3 aromatic rings. The number of alkyl halides is 1. The highest BCUT2D eigenvalue weighted by atomic mass is 19.1. The molecule has 0 aliphatic rings. The van der Waals surface area contributed by atoms with Crippen molar-refractivity contribution in [1.82, 2.24) is 9.55 Å². The molecule has 0 spiro atoms. The molecule has 0 saturated carbocycles. The van der Waals surface area contributed by atoms with Crippen molar-refractivity contribution in [1.29, 1.82) is 5.26 Å². The second-order valence-electron chi connectivity index (χ2n) is 6.65. The second-order valence-corrected chi connectivity index (χ2v) is 6.65. The molecular formula is C23H19F2N3O3. The number of hydrogen-bond acceptors (Lipinski definition) is 5. The van der Waals surface area contributed by atoms with E-state index in [-0.39, 0.29) is 17.8 Å². The lowest BCUT2D eigenvalue weighted by molar-refractivity contribution is 0.341. The molecule has 0 radical (unpaired) electrons. The first-order valence-electron chi connectivity index (χ1n) is 9.28. The van der Waals surface area contributed by atoms with E-state index in [0.717, 1.165) is 5.56 Å². The van der Waals surface area contributed by atoms with Crippen LogP contribution >= 0.6 is 0 Å². The SMILES string of the molecule is C=Cc1cc(C#N)c(F)c(Oc2c(C(C)F)ncn(Cc3ccc(OC)cc3)c2=O)c1. The molecule has 1 unspecified atom stereocenters. The van der Waals surface area contributed by atoms with Crippen LogP contribution in [0, 0.1) is 17.1 Å². The number of halogens is 2. The van der Waals surface area contributed by atoms with E-state index in [1.165, 1.54) is 36.0 Å². The van der Waals surface area contributed by atoms with E-state index < -0.39 is 29.0 Å². The van der Waals surface area contributed by atoms with E-state index in [4.69, 9.17) is 14.7 Å². The number of benzene rings is 2. The number of rotatable bonds is 7. The Morgan fingerprint density at radius 3 is 2.61 bits per heavy atom. The first-order valence-corrected chi connectivity index (χ1v) is 9.28. The summed E-state index contributed by atoms with van der Waals surface area (Å²) in [6, 6.07) is 11.3. The maximum absolute atomic E-state index is 14.6. The molecule has 6 nitrogen and oxygen atoms in total. The average Bonchev–Trinajstić information content (AvgIpc) is 2.77. The van der Waals surface area contributed by atoms with Gasteiger partial charge in [-0.3, -0.25) is 9.36 Å². The normalized spacial score (nSPS) is 11.5. The topological polar surface area (TPSA) is 77.1 Å². The van der Waals surface area contributed by atoms with Crippen LogP contribution in [0.15, 0.2) is 54.1 Å². The van der Waals surface area contributed by atoms with E-state index in [2.05, 4.69) is 11.6 Å². The van der Waals surface area contributed by atoms with Gasteiger partial charge >= 0.3 is 0 Å². The van der Waals surface area contributed by atoms with Gasteiger partial charge in [-0.2, -0.15) is 5.26 Å². The minimum absolute atomic E-state index is 0.131. The Balaban J connectivity index is 2.07. The van der Waals surface area contributed by atoms with Crippen molar-refractivity contribution in [2.75, 3.05) is 7.11 Å². The van der Waals surface area contributed by atoms with Gasteiger partial charge in [0, 0.05) is 0 Å². The van der Waals surface area contributed by atoms with Crippen molar-refractivity contribution < 1.29 is 18.3 Å². The fraction of sp³-hybridized carbons (Fsp3) is 0.174. The molecule has 1 heterocycles. The number of aromatic nitrogens is 2. The number of nitrogens with zero attached hydrogens (tertiary/aromatic N) is 3. The molecule has 1 atom stereocenters. The molecule has 0 saturated heterocycles. The highest BCUT2D eigenvalue weighted by Crippen LogP contribution is 2.31. The minimum atomic E-state index is -1.64. The molecule has 8 heteroatoms. The lowest BCUT2D eigenvalue weighted by atomic mass is 10.1. The van der Waals surface area contributed by atoms with Gasteiger partial charge in [0.05, 0.1) is 25.5 Å². The van der Waals surface area contributed by atoms with Crippen LogP contribution in [0.25, 0.3) is 6.08 Å². The summed E-state index contributed by atoms with van der Waals surface area (Å²) in [7, 11) is 1.54. The molecular weight excluding hydrogens is 404 g/mol. The van der Waals surface area contributed by atoms with Gasteiger partial charge in [-0.05, 0) is 42.3 Å². The molecule has 0 fully saturated rings. The predicted octanol–water partition coefficient (Wildman–Crippen LogP) is 4.78. The van der Waals surface area contributed by atoms with Crippen molar-refractivity contribution in [3.05, 3.63) is 87.9 Å². The monoisotopic (exact) mass is 423 g/mol. The summed E-state index contributed by atoms with van der Waals surface area (Å²) in [5.74, 6) is -1.15. The Hall–Kier alpha value is -3.99. The summed E-state index contributed by atoms with van der Waals surface area (Å²) in [5.41, 5.74) is -0.0663. The minimum Gasteiger partial charge on any atom is -0.497 e. The Labute approximate surface area is 177 Å². The van der Waals surface area contributed by atoms with Crippen molar-refractivity contribution in [2.24, 2.45) is 0 Å². The molecule has 1 aromatic heterocycles. The smallest absolute Gasteiger partial charge is 0.297 e. The summed E-state index contributed by atoms with van der Waals surface area (Å²) in [6.45, 7) is 4.91. The quantitative estimate of drug-likeness (QED) is 0.547. The highest BCUT2D eigenvalue weighted by Gasteiger charge is 2.22. The third-order valence-electron chi connectivity index (χ3n) is 4.54. The van der Waals surface area contributed by atoms with Gasteiger partial charge in [0.1, 0.15) is 23.7 Å². The van der Waals surface area contributed by atoms with E-state index in [1.807, 2.05) is 0 Å². The second kappa shape index (κ2) is 9.22. The molecule has 31 heavy (non-hydrogen) atoms. The fourth-order valence-electron chi connectivity index (χ4n) is 2.91. The first-order chi connectivity index (χ1) is 14.9. The Morgan fingerprint density at radius 2 is 2.03 bits per heavy atom. The molecule has 2 aromatic carbocycles. The van der Waals surface area contributed by atoms with Gasteiger partial charge < -0.3 is 9.47 Å². The standard InChI is InChI=1S/C23H19F2N3O3/c1-4-15-9-17(11-26)20(25)19(10-15)31-22-21(14(2)24)27-13-28(23(22)29)12-16-5-7-18(30-3)8-6-16/h4-10,13-14H,1,12H2,2-3H3. The van der Waals surface area contributed by atoms with Crippen LogP contribution in [-0.4, -0.2) is 16.7 Å². The van der Waals surface area contributed by atoms with E-state index >= 15 is 0 Å². The van der Waals surface area contributed by atoms with Crippen LogP contribution in [0.3, 0.4) is 0 Å². The Kier molecular flexibility index (Phi) is 6.46. The fourth-order valence-corrected chi connectivity index (χ4v) is 2.91. The molecule has 158 valence electrons. The van der Waals surface area contributed by atoms with Crippen molar-refractivity contribution in [3.8, 4) is 23.3 Å². The lowest BCUT2D eigenvalue weighted by Crippen LogP contribution is -2.24. The maximum Gasteiger partial charge on any atom is 0.297 e. The zero-order valence-electron chi connectivity index (χ0n) is 16.9. The van der Waals surface area contributed by atoms with Crippen LogP contribution in [0.5, 0.6) is 17.2 Å². The first kappa shape index (κ1) is 21.7. The van der Waals surface area contributed by atoms with Gasteiger partial charge in [-0.1, -0.05) is 24.8 Å². The lowest BCUT2D eigenvalue weighted by Gasteiger charge is -2.15. The number of nitriles is 1. The molecule has 3 rings (SSSR count). The van der Waals surface area contributed by atoms with Gasteiger partial charge in [-0.15, -0.1) is 0 Å². The zero-order valence-corrected chi connectivity index (χ0v) is 16.9. The Morgan fingerprint density at radius 1 is 1.32 bits per heavy atom.